The molecule has 1 atom stereocenters. The Morgan fingerprint density at radius 2 is 1.92 bits per heavy atom. The summed E-state index contributed by atoms with van der Waals surface area (Å²) >= 11 is 0. The molecule has 2 aromatic rings. The van der Waals surface area contributed by atoms with E-state index in [2.05, 4.69) is 0 Å². The van der Waals surface area contributed by atoms with E-state index in [4.69, 9.17) is 4.74 Å². The normalized spacial score (nSPS) is 22.6. The monoisotopic (exact) mass is 339 g/mol. The fourth-order valence-electron chi connectivity index (χ4n) is 2.94. The molecule has 2 heterocycles. The second kappa shape index (κ2) is 5.11. The number of alkyl halides is 3. The van der Waals surface area contributed by atoms with E-state index in [1.807, 2.05) is 0 Å². The van der Waals surface area contributed by atoms with E-state index in [0.29, 0.717) is 0 Å². The highest BCUT2D eigenvalue weighted by atomic mass is 19.4. The lowest BCUT2D eigenvalue weighted by atomic mass is 9.83. The number of aliphatic hydroxyl groups is 1. The third kappa shape index (κ3) is 2.49. The van der Waals surface area contributed by atoms with Crippen molar-refractivity contribution < 1.29 is 23.0 Å². The average molecular weight is 339 g/mol. The summed E-state index contributed by atoms with van der Waals surface area (Å²) in [7, 11) is 0. The third-order valence-corrected chi connectivity index (χ3v) is 4.38. The molecule has 4 nitrogen and oxygen atoms in total. The topological polar surface area (TPSA) is 51.5 Å². The highest BCUT2D eigenvalue weighted by molar-refractivity contribution is 5.42. The second-order valence-electron chi connectivity index (χ2n) is 6.33. The molecule has 7 heteroatoms. The van der Waals surface area contributed by atoms with E-state index < -0.39 is 28.6 Å². The van der Waals surface area contributed by atoms with Crippen LogP contribution in [0.15, 0.2) is 47.4 Å². The Labute approximate surface area is 136 Å². The predicted octanol–water partition coefficient (Wildman–Crippen LogP) is 2.93. The smallest absolute Gasteiger partial charge is 0.416 e. The number of benzene rings is 1. The number of hydrogen-bond acceptors (Lipinski definition) is 3. The fraction of sp³-hybridized carbons (Fsp3) is 0.353. The lowest BCUT2D eigenvalue weighted by Gasteiger charge is -2.47. The van der Waals surface area contributed by atoms with Gasteiger partial charge in [0.15, 0.2) is 11.3 Å². The Kier molecular flexibility index (Phi) is 3.53. The number of hydrogen-bond donors (Lipinski definition) is 1. The first-order chi connectivity index (χ1) is 11.0. The van der Waals surface area contributed by atoms with E-state index in [0.717, 1.165) is 16.7 Å². The maximum absolute atomic E-state index is 12.9. The molecule has 0 fully saturated rings. The van der Waals surface area contributed by atoms with Gasteiger partial charge in [-0.15, -0.1) is 0 Å². The molecule has 1 aromatic carbocycles. The number of rotatable bonds is 1. The van der Waals surface area contributed by atoms with Crippen LogP contribution in [0.5, 0.6) is 5.75 Å². The van der Waals surface area contributed by atoms with Crippen molar-refractivity contribution in [3.63, 3.8) is 0 Å². The summed E-state index contributed by atoms with van der Waals surface area (Å²) < 4.78 is 45.6. The molecule has 1 aromatic heterocycles. The van der Waals surface area contributed by atoms with Crippen molar-refractivity contribution in [2.75, 3.05) is 0 Å². The quantitative estimate of drug-likeness (QED) is 0.869. The van der Waals surface area contributed by atoms with Gasteiger partial charge in [-0.25, -0.2) is 0 Å². The Morgan fingerprint density at radius 3 is 2.54 bits per heavy atom. The van der Waals surface area contributed by atoms with Crippen LogP contribution in [0.4, 0.5) is 13.2 Å². The zero-order chi connectivity index (χ0) is 17.8. The van der Waals surface area contributed by atoms with E-state index in [1.54, 1.807) is 19.9 Å². The molecule has 24 heavy (non-hydrogen) atoms. The van der Waals surface area contributed by atoms with Crippen LogP contribution in [0.3, 0.4) is 0 Å². The zero-order valence-electron chi connectivity index (χ0n) is 13.1. The molecule has 0 saturated carbocycles. The molecule has 1 unspecified atom stereocenters. The van der Waals surface area contributed by atoms with Crippen molar-refractivity contribution >= 4 is 0 Å². The van der Waals surface area contributed by atoms with E-state index in [1.165, 1.54) is 24.4 Å². The molecule has 3 rings (SSSR count). The molecular weight excluding hydrogens is 323 g/mol. The van der Waals surface area contributed by atoms with Gasteiger partial charge in [0.25, 0.3) is 5.56 Å². The summed E-state index contributed by atoms with van der Waals surface area (Å²) in [5.74, 6) is 0.265. The molecule has 0 radical (unpaired) electrons. The maximum Gasteiger partial charge on any atom is 0.416 e. The third-order valence-electron chi connectivity index (χ3n) is 4.38. The Balaban J connectivity index is 2.15. The minimum Gasteiger partial charge on any atom is -0.483 e. The molecule has 0 amide bonds. The van der Waals surface area contributed by atoms with Crippen molar-refractivity contribution in [1.82, 2.24) is 4.57 Å². The van der Waals surface area contributed by atoms with Gasteiger partial charge >= 0.3 is 6.18 Å². The molecule has 0 aliphatic carbocycles. The Hall–Kier alpha value is -2.28. The minimum atomic E-state index is -4.50. The van der Waals surface area contributed by atoms with Crippen LogP contribution in [0, 0.1) is 0 Å². The summed E-state index contributed by atoms with van der Waals surface area (Å²) in [6, 6.07) is 7.49. The van der Waals surface area contributed by atoms with Crippen molar-refractivity contribution in [2.45, 2.75) is 37.8 Å². The van der Waals surface area contributed by atoms with Crippen LogP contribution in [0.2, 0.25) is 0 Å². The Bertz CT molecular complexity index is 841. The maximum atomic E-state index is 12.9. The van der Waals surface area contributed by atoms with Crippen LogP contribution in [-0.2, 0) is 18.3 Å². The van der Waals surface area contributed by atoms with Gasteiger partial charge < -0.3 is 9.84 Å². The number of pyridine rings is 1. The molecule has 1 N–H and O–H groups in total. The standard InChI is InChI=1S/C17H16F3NO3/c1-15(2)16(23,21-8-4-3-5-14(21)22)10-11-9-12(17(18,19)20)6-7-13(11)24-15/h3-9,23H,10H2,1-2H3. The number of nitrogens with zero attached hydrogens (tertiary/aromatic N) is 1. The van der Waals surface area contributed by atoms with Crippen LogP contribution in [0.1, 0.15) is 25.0 Å². The van der Waals surface area contributed by atoms with Gasteiger partial charge in [-0.05, 0) is 43.7 Å². The lowest BCUT2D eigenvalue weighted by Crippen LogP contribution is -2.61. The number of halogens is 3. The predicted molar refractivity (Wildman–Crippen MR) is 80.7 cm³/mol. The second-order valence-corrected chi connectivity index (χ2v) is 6.33. The Morgan fingerprint density at radius 1 is 1.21 bits per heavy atom. The molecule has 0 saturated heterocycles. The van der Waals surface area contributed by atoms with Crippen LogP contribution in [0.25, 0.3) is 0 Å². The van der Waals surface area contributed by atoms with Crippen LogP contribution >= 0.6 is 0 Å². The van der Waals surface area contributed by atoms with Gasteiger partial charge in [0.1, 0.15) is 5.75 Å². The summed E-state index contributed by atoms with van der Waals surface area (Å²) in [5.41, 5.74) is -4.13. The van der Waals surface area contributed by atoms with Crippen molar-refractivity contribution in [2.24, 2.45) is 0 Å². The van der Waals surface area contributed by atoms with Crippen LogP contribution in [-0.4, -0.2) is 15.3 Å². The lowest BCUT2D eigenvalue weighted by molar-refractivity contribution is -0.184. The van der Waals surface area contributed by atoms with Gasteiger partial charge in [0.2, 0.25) is 0 Å². The first kappa shape index (κ1) is 16.6. The van der Waals surface area contributed by atoms with E-state index >= 15 is 0 Å². The summed E-state index contributed by atoms with van der Waals surface area (Å²) in [6.45, 7) is 3.18. The molecular formula is C17H16F3NO3. The fourth-order valence-corrected chi connectivity index (χ4v) is 2.94. The number of aromatic nitrogens is 1. The molecule has 128 valence electrons. The molecule has 0 bridgehead atoms. The number of fused-ring (bicyclic) bond motifs is 1. The van der Waals surface area contributed by atoms with Crippen molar-refractivity contribution in [3.8, 4) is 5.75 Å². The average Bonchev–Trinajstić information content (AvgIpc) is 2.47. The van der Waals surface area contributed by atoms with Gasteiger partial charge in [-0.3, -0.25) is 9.36 Å². The highest BCUT2D eigenvalue weighted by Crippen LogP contribution is 2.43. The highest BCUT2D eigenvalue weighted by Gasteiger charge is 2.51. The van der Waals surface area contributed by atoms with E-state index in [9.17, 15) is 23.1 Å². The molecule has 1 aliphatic heterocycles. The molecule has 1 aliphatic rings. The largest absolute Gasteiger partial charge is 0.483 e. The minimum absolute atomic E-state index is 0.177. The first-order valence-corrected chi connectivity index (χ1v) is 7.34. The summed E-state index contributed by atoms with van der Waals surface area (Å²) in [5, 5.41) is 11.1. The van der Waals surface area contributed by atoms with Crippen LogP contribution < -0.4 is 10.3 Å². The van der Waals surface area contributed by atoms with Gasteiger partial charge in [-0.1, -0.05) is 6.07 Å². The SMILES string of the molecule is CC1(C)Oc2ccc(C(F)(F)F)cc2CC1(O)n1ccccc1=O. The molecule has 0 spiro atoms. The van der Waals surface area contributed by atoms with Gasteiger partial charge in [0, 0.05) is 18.7 Å². The number of ether oxygens (including phenoxy) is 1. The van der Waals surface area contributed by atoms with Gasteiger partial charge in [0.05, 0.1) is 5.56 Å². The zero-order valence-corrected chi connectivity index (χ0v) is 13.1. The summed E-state index contributed by atoms with van der Waals surface area (Å²) in [6.07, 6.45) is -3.28. The van der Waals surface area contributed by atoms with E-state index in [-0.39, 0.29) is 17.7 Å². The van der Waals surface area contributed by atoms with Crippen molar-refractivity contribution in [3.05, 3.63) is 64.1 Å². The van der Waals surface area contributed by atoms with Gasteiger partial charge in [-0.2, -0.15) is 13.2 Å². The summed E-state index contributed by atoms with van der Waals surface area (Å²) in [4.78, 5) is 12.1. The first-order valence-electron chi connectivity index (χ1n) is 7.34. The van der Waals surface area contributed by atoms with Crippen molar-refractivity contribution in [1.29, 1.82) is 0 Å².